The average molecular weight is 188 g/mol. The Morgan fingerprint density at radius 1 is 1.54 bits per heavy atom. The molecule has 0 unspecified atom stereocenters. The molecular weight excluding hydrogens is 172 g/mol. The van der Waals surface area contributed by atoms with E-state index in [9.17, 15) is 4.79 Å². The molecule has 1 aliphatic heterocycles. The number of carbonyl (C=O) groups excluding carboxylic acids is 1. The molecule has 1 fully saturated rings. The summed E-state index contributed by atoms with van der Waals surface area (Å²) in [7, 11) is 1.33. The minimum atomic E-state index is -1.19. The Bertz CT molecular complexity index is 182. The van der Waals surface area contributed by atoms with Crippen LogP contribution in [0.5, 0.6) is 0 Å². The van der Waals surface area contributed by atoms with Gasteiger partial charge in [0.25, 0.3) is 5.79 Å². The maximum Gasteiger partial charge on any atom is 0.366 e. The van der Waals surface area contributed by atoms with E-state index in [2.05, 4.69) is 11.7 Å². The van der Waals surface area contributed by atoms with E-state index in [0.717, 1.165) is 6.42 Å². The zero-order chi connectivity index (χ0) is 9.90. The fourth-order valence-corrected chi connectivity index (χ4v) is 1.18. The van der Waals surface area contributed by atoms with Crippen molar-refractivity contribution in [3.8, 4) is 0 Å². The number of hydrogen-bond acceptors (Lipinski definition) is 4. The van der Waals surface area contributed by atoms with Gasteiger partial charge in [0.2, 0.25) is 0 Å². The first-order valence-electron chi connectivity index (χ1n) is 4.48. The van der Waals surface area contributed by atoms with Gasteiger partial charge in [-0.25, -0.2) is 4.79 Å². The van der Waals surface area contributed by atoms with E-state index in [1.807, 2.05) is 0 Å². The lowest BCUT2D eigenvalue weighted by Crippen LogP contribution is -2.48. The third-order valence-corrected chi connectivity index (χ3v) is 2.32. The van der Waals surface area contributed by atoms with Gasteiger partial charge in [0, 0.05) is 12.8 Å². The van der Waals surface area contributed by atoms with Crippen molar-refractivity contribution in [2.45, 2.75) is 26.1 Å². The first kappa shape index (κ1) is 10.5. The minimum Gasteiger partial charge on any atom is -0.465 e. The van der Waals surface area contributed by atoms with Crippen molar-refractivity contribution in [2.75, 3.05) is 20.3 Å². The third kappa shape index (κ3) is 2.19. The predicted octanol–water partition coefficient (Wildman–Crippen LogP) is 0.949. The maximum absolute atomic E-state index is 11.2. The summed E-state index contributed by atoms with van der Waals surface area (Å²) in [6.07, 6.45) is 0.997. The largest absolute Gasteiger partial charge is 0.465 e. The lowest BCUT2D eigenvalue weighted by atomic mass is 10.1. The molecule has 0 radical (unpaired) electrons. The van der Waals surface area contributed by atoms with Gasteiger partial charge < -0.3 is 14.2 Å². The summed E-state index contributed by atoms with van der Waals surface area (Å²) in [5, 5.41) is 0. The molecule has 0 spiro atoms. The summed E-state index contributed by atoms with van der Waals surface area (Å²) in [6.45, 7) is 4.77. The highest BCUT2D eigenvalue weighted by atomic mass is 16.7. The van der Waals surface area contributed by atoms with Crippen LogP contribution in [0.25, 0.3) is 0 Å². The molecule has 4 nitrogen and oxygen atoms in total. The van der Waals surface area contributed by atoms with Gasteiger partial charge in [-0.1, -0.05) is 6.92 Å². The lowest BCUT2D eigenvalue weighted by Gasteiger charge is -2.34. The molecule has 1 heterocycles. The van der Waals surface area contributed by atoms with E-state index in [4.69, 9.17) is 9.47 Å². The molecule has 1 aliphatic rings. The van der Waals surface area contributed by atoms with E-state index in [1.54, 1.807) is 6.92 Å². The first-order valence-corrected chi connectivity index (χ1v) is 4.48. The van der Waals surface area contributed by atoms with Crippen molar-refractivity contribution >= 4 is 5.97 Å². The summed E-state index contributed by atoms with van der Waals surface area (Å²) in [6, 6.07) is 0. The van der Waals surface area contributed by atoms with Crippen LogP contribution >= 0.6 is 0 Å². The molecule has 13 heavy (non-hydrogen) atoms. The van der Waals surface area contributed by atoms with Crippen molar-refractivity contribution < 1.29 is 19.0 Å². The van der Waals surface area contributed by atoms with Gasteiger partial charge in [0.15, 0.2) is 0 Å². The molecule has 0 aromatic rings. The quantitative estimate of drug-likeness (QED) is 0.605. The number of carbonyl (C=O) groups is 1. The van der Waals surface area contributed by atoms with Gasteiger partial charge in [0.1, 0.15) is 0 Å². The smallest absolute Gasteiger partial charge is 0.366 e. The van der Waals surface area contributed by atoms with Crippen LogP contribution in [0.4, 0.5) is 0 Å². The molecule has 4 heteroatoms. The van der Waals surface area contributed by atoms with Crippen LogP contribution in [0, 0.1) is 5.92 Å². The highest BCUT2D eigenvalue weighted by molar-refractivity contribution is 5.77. The van der Waals surface area contributed by atoms with Crippen molar-refractivity contribution in [3.05, 3.63) is 0 Å². The van der Waals surface area contributed by atoms with Crippen LogP contribution in [0.3, 0.4) is 0 Å². The summed E-state index contributed by atoms with van der Waals surface area (Å²) < 4.78 is 15.2. The molecule has 1 saturated heterocycles. The second-order valence-electron chi connectivity index (χ2n) is 3.33. The van der Waals surface area contributed by atoms with Crippen LogP contribution in [0.2, 0.25) is 0 Å². The molecule has 0 amide bonds. The topological polar surface area (TPSA) is 44.8 Å². The monoisotopic (exact) mass is 188 g/mol. The molecule has 76 valence electrons. The Morgan fingerprint density at radius 2 is 2.08 bits per heavy atom. The van der Waals surface area contributed by atoms with Crippen LogP contribution in [0.1, 0.15) is 20.3 Å². The van der Waals surface area contributed by atoms with E-state index >= 15 is 0 Å². The molecule has 0 aliphatic carbocycles. The summed E-state index contributed by atoms with van der Waals surface area (Å²) in [5.41, 5.74) is 0. The Hall–Kier alpha value is -0.610. The number of hydrogen-bond donors (Lipinski definition) is 0. The summed E-state index contributed by atoms with van der Waals surface area (Å²) >= 11 is 0. The molecule has 0 aromatic carbocycles. The van der Waals surface area contributed by atoms with Crippen LogP contribution in [0.15, 0.2) is 0 Å². The fourth-order valence-electron chi connectivity index (χ4n) is 1.18. The lowest BCUT2D eigenvalue weighted by molar-refractivity contribution is -0.272. The fraction of sp³-hybridized carbons (Fsp3) is 0.889. The van der Waals surface area contributed by atoms with Gasteiger partial charge in [-0.2, -0.15) is 0 Å². The molecule has 0 bridgehead atoms. The second-order valence-corrected chi connectivity index (χ2v) is 3.33. The summed E-state index contributed by atoms with van der Waals surface area (Å²) in [4.78, 5) is 11.2. The SMILES string of the molecule is CCC1COC(C)(C(=O)OC)OC1. The maximum atomic E-state index is 11.2. The Balaban J connectivity index is 2.51. The third-order valence-electron chi connectivity index (χ3n) is 2.32. The van der Waals surface area contributed by atoms with Crippen LogP contribution in [-0.2, 0) is 19.0 Å². The van der Waals surface area contributed by atoms with Gasteiger partial charge >= 0.3 is 5.97 Å². The molecule has 0 atom stereocenters. The van der Waals surface area contributed by atoms with Gasteiger partial charge in [-0.15, -0.1) is 0 Å². The second kappa shape index (κ2) is 4.07. The normalized spacial score (nSPS) is 34.2. The molecule has 0 saturated carbocycles. The van der Waals surface area contributed by atoms with Crippen LogP contribution < -0.4 is 0 Å². The molecule has 0 N–H and O–H groups in total. The predicted molar refractivity (Wildman–Crippen MR) is 46.1 cm³/mol. The Morgan fingerprint density at radius 3 is 2.46 bits per heavy atom. The van der Waals surface area contributed by atoms with Crippen molar-refractivity contribution in [1.82, 2.24) is 0 Å². The van der Waals surface area contributed by atoms with Crippen molar-refractivity contribution in [1.29, 1.82) is 0 Å². The number of rotatable bonds is 2. The average Bonchev–Trinajstić information content (AvgIpc) is 2.18. The van der Waals surface area contributed by atoms with Crippen molar-refractivity contribution in [2.24, 2.45) is 5.92 Å². The van der Waals surface area contributed by atoms with Crippen molar-refractivity contribution in [3.63, 3.8) is 0 Å². The van der Waals surface area contributed by atoms with Crippen LogP contribution in [-0.4, -0.2) is 32.1 Å². The number of esters is 1. The van der Waals surface area contributed by atoms with E-state index in [0.29, 0.717) is 19.1 Å². The summed E-state index contributed by atoms with van der Waals surface area (Å²) in [5.74, 6) is -1.28. The van der Waals surface area contributed by atoms with E-state index in [-0.39, 0.29) is 0 Å². The zero-order valence-electron chi connectivity index (χ0n) is 8.33. The molecular formula is C9H16O4. The zero-order valence-corrected chi connectivity index (χ0v) is 8.33. The minimum absolute atomic E-state index is 0.387. The van der Waals surface area contributed by atoms with E-state index < -0.39 is 11.8 Å². The first-order chi connectivity index (χ1) is 6.12. The highest BCUT2D eigenvalue weighted by Gasteiger charge is 2.40. The highest BCUT2D eigenvalue weighted by Crippen LogP contribution is 2.23. The molecule has 0 aromatic heterocycles. The Kier molecular flexibility index (Phi) is 3.27. The molecule has 1 rings (SSSR count). The Labute approximate surface area is 78.2 Å². The van der Waals surface area contributed by atoms with E-state index in [1.165, 1.54) is 7.11 Å². The number of ether oxygens (including phenoxy) is 3. The van der Waals surface area contributed by atoms with Gasteiger partial charge in [-0.05, 0) is 6.42 Å². The van der Waals surface area contributed by atoms with Gasteiger partial charge in [-0.3, -0.25) is 0 Å². The number of methoxy groups -OCH3 is 1. The van der Waals surface area contributed by atoms with Gasteiger partial charge in [0.05, 0.1) is 20.3 Å². The standard InChI is InChI=1S/C9H16O4/c1-4-7-5-12-9(2,13-6-7)8(10)11-3/h7H,4-6H2,1-3H3.